The molecule has 2 aromatic heterocycles. The third kappa shape index (κ3) is 9.98. The lowest BCUT2D eigenvalue weighted by molar-refractivity contribution is -0.138. The van der Waals surface area contributed by atoms with Gasteiger partial charge in [-0.15, -0.1) is 0 Å². The summed E-state index contributed by atoms with van der Waals surface area (Å²) in [5.41, 5.74) is 6.88. The molecule has 1 aromatic carbocycles. The Kier molecular flexibility index (Phi) is 11.7. The number of carboxylic acids is 1. The number of pyridine rings is 1. The molecule has 0 fully saturated rings. The molecule has 0 aliphatic carbocycles. The predicted octanol–water partition coefficient (Wildman–Crippen LogP) is 3.59. The van der Waals surface area contributed by atoms with Crippen LogP contribution in [0.4, 0.5) is 42.0 Å². The Morgan fingerprint density at radius 1 is 1.07 bits per heavy atom. The molecular formula is C27H31F3N8O5S. The zero-order chi connectivity index (χ0) is 32.4. The first-order valence-electron chi connectivity index (χ1n) is 13.0. The van der Waals surface area contributed by atoms with E-state index in [-0.39, 0.29) is 41.1 Å². The number of ether oxygens (including phenoxy) is 1. The van der Waals surface area contributed by atoms with Gasteiger partial charge >= 0.3 is 12.1 Å². The number of aliphatic carboxylic acids is 1. The minimum atomic E-state index is -4.78. The second-order valence-corrected chi connectivity index (χ2v) is 10.5. The van der Waals surface area contributed by atoms with E-state index in [4.69, 9.17) is 15.6 Å². The maximum Gasteiger partial charge on any atom is 0.421 e. The van der Waals surface area contributed by atoms with Crippen LogP contribution in [-0.4, -0.2) is 69.0 Å². The number of nitrogens with one attached hydrogen (secondary N) is 4. The van der Waals surface area contributed by atoms with E-state index in [0.29, 0.717) is 17.4 Å². The molecule has 17 heteroatoms. The maximum absolute atomic E-state index is 13.9. The first-order chi connectivity index (χ1) is 20.8. The van der Waals surface area contributed by atoms with Crippen molar-refractivity contribution in [2.75, 3.05) is 41.1 Å². The lowest BCUT2D eigenvalue weighted by Gasteiger charge is -2.18. The molecule has 0 spiro atoms. The summed E-state index contributed by atoms with van der Waals surface area (Å²) in [4.78, 5) is 47.0. The molecule has 0 unspecified atom stereocenters. The van der Waals surface area contributed by atoms with Crippen LogP contribution in [0.15, 0.2) is 36.7 Å². The van der Waals surface area contributed by atoms with Crippen LogP contribution in [0.1, 0.15) is 23.1 Å². The Balaban J connectivity index is 1.73. The lowest BCUT2D eigenvalue weighted by atomic mass is 10.1. The fourth-order valence-corrected chi connectivity index (χ4v) is 4.47. The van der Waals surface area contributed by atoms with Crippen molar-refractivity contribution in [3.05, 3.63) is 53.3 Å². The fourth-order valence-electron chi connectivity index (χ4n) is 3.57. The third-order valence-electron chi connectivity index (χ3n) is 5.85. The molecule has 1 atom stereocenters. The van der Waals surface area contributed by atoms with Crippen LogP contribution < -0.4 is 31.7 Å². The molecule has 0 bridgehead atoms. The van der Waals surface area contributed by atoms with Gasteiger partial charge in [0, 0.05) is 36.4 Å². The van der Waals surface area contributed by atoms with E-state index in [1.165, 1.54) is 31.1 Å². The number of carbonyl (C=O) groups excluding carboxylic acids is 2. The van der Waals surface area contributed by atoms with Crippen LogP contribution in [-0.2, 0) is 20.6 Å². The van der Waals surface area contributed by atoms with E-state index in [9.17, 15) is 27.6 Å². The van der Waals surface area contributed by atoms with Crippen molar-refractivity contribution in [3.63, 3.8) is 0 Å². The monoisotopic (exact) mass is 636 g/mol. The molecule has 0 saturated carbocycles. The summed E-state index contributed by atoms with van der Waals surface area (Å²) in [6.07, 6.45) is -2.60. The average molecular weight is 637 g/mol. The number of thioether (sulfide) groups is 1. The number of amides is 2. The highest BCUT2D eigenvalue weighted by atomic mass is 32.2. The van der Waals surface area contributed by atoms with Crippen LogP contribution in [0.2, 0.25) is 0 Å². The average Bonchev–Trinajstić information content (AvgIpc) is 2.96. The lowest BCUT2D eigenvalue weighted by Crippen LogP contribution is -2.44. The smallest absolute Gasteiger partial charge is 0.421 e. The van der Waals surface area contributed by atoms with Gasteiger partial charge in [0.1, 0.15) is 17.9 Å². The number of carbonyl (C=O) groups is 3. The zero-order valence-corrected chi connectivity index (χ0v) is 24.7. The predicted molar refractivity (Wildman–Crippen MR) is 159 cm³/mol. The fraction of sp³-hybridized carbons (Fsp3) is 0.333. The number of rotatable bonds is 14. The van der Waals surface area contributed by atoms with Gasteiger partial charge in [-0.2, -0.15) is 29.9 Å². The number of methoxy groups -OCH3 is 1. The summed E-state index contributed by atoms with van der Waals surface area (Å²) in [5, 5.41) is 19.1. The highest BCUT2D eigenvalue weighted by molar-refractivity contribution is 7.99. The number of halogens is 3. The van der Waals surface area contributed by atoms with Gasteiger partial charge in [0.15, 0.2) is 0 Å². The Hall–Kier alpha value is -4.64. The topological polar surface area (TPSA) is 193 Å². The molecule has 0 radical (unpaired) electrons. The number of nitrogens with two attached hydrogens (primary N) is 1. The van der Waals surface area contributed by atoms with Gasteiger partial charge in [-0.1, -0.05) is 6.07 Å². The zero-order valence-electron chi connectivity index (χ0n) is 23.9. The number of alkyl halides is 3. The van der Waals surface area contributed by atoms with Crippen molar-refractivity contribution < 1.29 is 37.4 Å². The molecule has 0 aliphatic heterocycles. The van der Waals surface area contributed by atoms with Crippen molar-refractivity contribution in [1.29, 1.82) is 0 Å². The van der Waals surface area contributed by atoms with Gasteiger partial charge in [0.2, 0.25) is 23.6 Å². The molecule has 2 heterocycles. The highest BCUT2D eigenvalue weighted by Gasteiger charge is 2.35. The van der Waals surface area contributed by atoms with E-state index >= 15 is 0 Å². The number of aromatic nitrogens is 3. The molecular weight excluding hydrogens is 605 g/mol. The minimum absolute atomic E-state index is 0.00559. The second-order valence-electron chi connectivity index (χ2n) is 9.39. The summed E-state index contributed by atoms with van der Waals surface area (Å²) < 4.78 is 46.8. The summed E-state index contributed by atoms with van der Waals surface area (Å²) >= 11 is 1.21. The van der Waals surface area contributed by atoms with Crippen molar-refractivity contribution in [3.8, 4) is 5.88 Å². The Bertz CT molecular complexity index is 1510. The molecule has 2 amide bonds. The second kappa shape index (κ2) is 15.2. The minimum Gasteiger partial charge on any atom is -0.481 e. The molecule has 0 saturated heterocycles. The number of hydrogen-bond donors (Lipinski definition) is 6. The van der Waals surface area contributed by atoms with E-state index < -0.39 is 47.9 Å². The van der Waals surface area contributed by atoms with Crippen molar-refractivity contribution >= 4 is 58.4 Å². The Labute approximate surface area is 254 Å². The van der Waals surface area contributed by atoms with E-state index in [0.717, 1.165) is 5.56 Å². The highest BCUT2D eigenvalue weighted by Crippen LogP contribution is 2.37. The SMILES string of the molecule is COc1cc(Nc2ncc(C(F)(F)F)c(Nc3ccc(C)cc3NC(=O)CCSC[C@H](N)C(=O)NCC(=O)O)n2)c(C)cn1. The summed E-state index contributed by atoms with van der Waals surface area (Å²) in [6, 6.07) is 5.36. The number of benzene rings is 1. The molecule has 7 N–H and O–H groups in total. The first kappa shape index (κ1) is 33.9. The Morgan fingerprint density at radius 3 is 2.50 bits per heavy atom. The summed E-state index contributed by atoms with van der Waals surface area (Å²) in [7, 11) is 1.43. The summed E-state index contributed by atoms with van der Waals surface area (Å²) in [5.74, 6) is -2.22. The Morgan fingerprint density at radius 2 is 1.82 bits per heavy atom. The van der Waals surface area contributed by atoms with Gasteiger partial charge in [0.05, 0.1) is 30.2 Å². The number of hydrogen-bond acceptors (Lipinski definition) is 11. The largest absolute Gasteiger partial charge is 0.481 e. The van der Waals surface area contributed by atoms with Crippen LogP contribution in [0.25, 0.3) is 0 Å². The molecule has 44 heavy (non-hydrogen) atoms. The quantitative estimate of drug-likeness (QED) is 0.141. The van der Waals surface area contributed by atoms with Gasteiger partial charge < -0.3 is 36.8 Å². The van der Waals surface area contributed by atoms with E-state index in [2.05, 4.69) is 36.2 Å². The number of anilines is 5. The van der Waals surface area contributed by atoms with Gasteiger partial charge in [-0.25, -0.2) is 9.97 Å². The molecule has 0 aliphatic rings. The third-order valence-corrected chi connectivity index (χ3v) is 6.94. The van der Waals surface area contributed by atoms with Crippen molar-refractivity contribution in [1.82, 2.24) is 20.3 Å². The maximum atomic E-state index is 13.9. The van der Waals surface area contributed by atoms with Gasteiger partial charge in [0.25, 0.3) is 0 Å². The summed E-state index contributed by atoms with van der Waals surface area (Å²) in [6.45, 7) is 2.94. The number of aryl methyl sites for hydroxylation is 2. The van der Waals surface area contributed by atoms with Crippen LogP contribution in [0.5, 0.6) is 5.88 Å². The normalized spacial score (nSPS) is 11.8. The molecule has 3 rings (SSSR count). The van der Waals surface area contributed by atoms with Crippen LogP contribution in [0, 0.1) is 13.8 Å². The van der Waals surface area contributed by atoms with E-state index in [1.807, 2.05) is 0 Å². The van der Waals surface area contributed by atoms with Gasteiger partial charge in [-0.3, -0.25) is 14.4 Å². The molecule has 13 nitrogen and oxygen atoms in total. The number of carboxylic acid groups (broad SMARTS) is 1. The molecule has 236 valence electrons. The van der Waals surface area contributed by atoms with Crippen molar-refractivity contribution in [2.24, 2.45) is 5.73 Å². The van der Waals surface area contributed by atoms with Crippen LogP contribution >= 0.6 is 11.8 Å². The standard InChI is InChI=1S/C27H31F3N8O5S/c1-14-4-5-18(20(8-14)35-21(39)6-7-44-13-17(31)25(42)33-12-23(40)41)36-24-16(27(28,29)30)11-34-26(38-24)37-19-9-22(43-3)32-10-15(19)2/h4-5,8-11,17H,6-7,12-13,31H2,1-3H3,(H,33,42)(H,35,39)(H,40,41)(H2,32,34,36,37,38)/t17-/m0/s1. The first-order valence-corrected chi connectivity index (χ1v) is 14.1. The van der Waals surface area contributed by atoms with Crippen molar-refractivity contribution in [2.45, 2.75) is 32.5 Å². The van der Waals surface area contributed by atoms with Crippen LogP contribution in [0.3, 0.4) is 0 Å². The van der Waals surface area contributed by atoms with E-state index in [1.54, 1.807) is 32.0 Å². The molecule has 3 aromatic rings. The van der Waals surface area contributed by atoms with Gasteiger partial charge in [-0.05, 0) is 37.1 Å². The number of nitrogens with zero attached hydrogens (tertiary/aromatic N) is 3.